The molecular formula is C15H30N2O. The SMILES string of the molecule is CCCCN(CCCC)C(=O)C1(CN)CC(C)C1. The lowest BCUT2D eigenvalue weighted by molar-refractivity contribution is -0.149. The van der Waals surface area contributed by atoms with Crippen LogP contribution in [0.25, 0.3) is 0 Å². The number of hydrogen-bond donors (Lipinski definition) is 1. The predicted molar refractivity (Wildman–Crippen MR) is 76.3 cm³/mol. The molecule has 1 aliphatic carbocycles. The first kappa shape index (κ1) is 15.5. The zero-order valence-corrected chi connectivity index (χ0v) is 12.4. The first-order valence-corrected chi connectivity index (χ1v) is 7.59. The Morgan fingerprint density at radius 1 is 1.22 bits per heavy atom. The molecule has 0 radical (unpaired) electrons. The van der Waals surface area contributed by atoms with Crippen molar-refractivity contribution >= 4 is 5.91 Å². The molecule has 0 saturated heterocycles. The van der Waals surface area contributed by atoms with Crippen molar-refractivity contribution < 1.29 is 4.79 Å². The summed E-state index contributed by atoms with van der Waals surface area (Å²) in [6.45, 7) is 8.89. The van der Waals surface area contributed by atoms with Gasteiger partial charge in [0.2, 0.25) is 5.91 Å². The van der Waals surface area contributed by atoms with Crippen LogP contribution in [0.1, 0.15) is 59.3 Å². The van der Waals surface area contributed by atoms with Gasteiger partial charge in [0.05, 0.1) is 5.41 Å². The second-order valence-corrected chi connectivity index (χ2v) is 6.00. The lowest BCUT2D eigenvalue weighted by atomic mass is 9.62. The highest BCUT2D eigenvalue weighted by molar-refractivity contribution is 5.84. The van der Waals surface area contributed by atoms with Crippen molar-refractivity contribution in [1.82, 2.24) is 4.90 Å². The number of rotatable bonds is 8. The molecule has 3 nitrogen and oxygen atoms in total. The Balaban J connectivity index is 2.61. The number of nitrogens with two attached hydrogens (primary N) is 1. The minimum atomic E-state index is -0.221. The molecule has 0 spiro atoms. The molecule has 1 fully saturated rings. The van der Waals surface area contributed by atoms with E-state index in [1.165, 1.54) is 0 Å². The van der Waals surface area contributed by atoms with E-state index in [-0.39, 0.29) is 5.41 Å². The lowest BCUT2D eigenvalue weighted by Gasteiger charge is -2.47. The minimum absolute atomic E-state index is 0.221. The predicted octanol–water partition coefficient (Wildman–Crippen LogP) is 2.79. The quantitative estimate of drug-likeness (QED) is 0.724. The Bertz CT molecular complexity index is 251. The van der Waals surface area contributed by atoms with Crippen molar-refractivity contribution in [2.75, 3.05) is 19.6 Å². The van der Waals surface area contributed by atoms with E-state index in [9.17, 15) is 4.79 Å². The average molecular weight is 254 g/mol. The van der Waals surface area contributed by atoms with Gasteiger partial charge in [-0.1, -0.05) is 33.6 Å². The van der Waals surface area contributed by atoms with Gasteiger partial charge >= 0.3 is 0 Å². The van der Waals surface area contributed by atoms with Crippen LogP contribution in [-0.4, -0.2) is 30.4 Å². The molecule has 2 N–H and O–H groups in total. The summed E-state index contributed by atoms with van der Waals surface area (Å²) in [6, 6.07) is 0. The fourth-order valence-electron chi connectivity index (χ4n) is 3.05. The summed E-state index contributed by atoms with van der Waals surface area (Å²) in [7, 11) is 0. The van der Waals surface area contributed by atoms with Gasteiger partial charge in [-0.25, -0.2) is 0 Å². The first-order valence-electron chi connectivity index (χ1n) is 7.59. The Kier molecular flexibility index (Phi) is 6.13. The zero-order valence-electron chi connectivity index (χ0n) is 12.4. The highest BCUT2D eigenvalue weighted by Crippen LogP contribution is 2.46. The minimum Gasteiger partial charge on any atom is -0.342 e. The second-order valence-electron chi connectivity index (χ2n) is 6.00. The molecule has 1 aliphatic rings. The third-order valence-electron chi connectivity index (χ3n) is 4.17. The van der Waals surface area contributed by atoms with Gasteiger partial charge < -0.3 is 10.6 Å². The highest BCUT2D eigenvalue weighted by atomic mass is 16.2. The summed E-state index contributed by atoms with van der Waals surface area (Å²) in [5, 5.41) is 0. The smallest absolute Gasteiger partial charge is 0.230 e. The molecule has 0 bridgehead atoms. The second kappa shape index (κ2) is 7.13. The molecule has 1 amide bonds. The van der Waals surface area contributed by atoms with Crippen LogP contribution in [0.5, 0.6) is 0 Å². The highest BCUT2D eigenvalue weighted by Gasteiger charge is 2.48. The molecule has 1 rings (SSSR count). The Morgan fingerprint density at radius 3 is 2.06 bits per heavy atom. The molecule has 3 heteroatoms. The van der Waals surface area contributed by atoms with Gasteiger partial charge in [-0.2, -0.15) is 0 Å². The van der Waals surface area contributed by atoms with E-state index >= 15 is 0 Å². The van der Waals surface area contributed by atoms with Gasteiger partial charge in [0.15, 0.2) is 0 Å². The van der Waals surface area contributed by atoms with Crippen molar-refractivity contribution in [3.05, 3.63) is 0 Å². The monoisotopic (exact) mass is 254 g/mol. The van der Waals surface area contributed by atoms with Crippen molar-refractivity contribution in [1.29, 1.82) is 0 Å². The number of amides is 1. The van der Waals surface area contributed by atoms with Crippen LogP contribution in [0.2, 0.25) is 0 Å². The first-order chi connectivity index (χ1) is 8.59. The van der Waals surface area contributed by atoms with Crippen LogP contribution in [0, 0.1) is 11.3 Å². The molecule has 0 aromatic carbocycles. The number of nitrogens with zero attached hydrogens (tertiary/aromatic N) is 1. The Hall–Kier alpha value is -0.570. The van der Waals surface area contributed by atoms with Crippen molar-refractivity contribution in [2.24, 2.45) is 17.1 Å². The largest absolute Gasteiger partial charge is 0.342 e. The van der Waals surface area contributed by atoms with Gasteiger partial charge in [0.1, 0.15) is 0 Å². The van der Waals surface area contributed by atoms with Crippen LogP contribution in [0.15, 0.2) is 0 Å². The van der Waals surface area contributed by atoms with E-state index in [4.69, 9.17) is 5.73 Å². The van der Waals surface area contributed by atoms with E-state index in [1.807, 2.05) is 0 Å². The topological polar surface area (TPSA) is 46.3 Å². The molecule has 0 aromatic heterocycles. The summed E-state index contributed by atoms with van der Waals surface area (Å²) in [6.07, 6.45) is 6.45. The molecule has 0 heterocycles. The summed E-state index contributed by atoms with van der Waals surface area (Å²) in [5.41, 5.74) is 5.66. The van der Waals surface area contributed by atoms with E-state index in [2.05, 4.69) is 25.7 Å². The molecule has 0 aromatic rings. The van der Waals surface area contributed by atoms with E-state index in [0.29, 0.717) is 18.4 Å². The third-order valence-corrected chi connectivity index (χ3v) is 4.17. The van der Waals surface area contributed by atoms with Crippen LogP contribution in [0.4, 0.5) is 0 Å². The third kappa shape index (κ3) is 3.47. The normalized spacial score (nSPS) is 26.8. The fraction of sp³-hybridized carbons (Fsp3) is 0.933. The number of carbonyl (C=O) groups excluding carboxylic acids is 1. The lowest BCUT2D eigenvalue weighted by Crippen LogP contribution is -2.55. The maximum atomic E-state index is 12.7. The summed E-state index contributed by atoms with van der Waals surface area (Å²) in [5.74, 6) is 0.988. The summed E-state index contributed by atoms with van der Waals surface area (Å²) < 4.78 is 0. The maximum absolute atomic E-state index is 12.7. The van der Waals surface area contributed by atoms with Gasteiger partial charge in [0, 0.05) is 19.6 Å². The van der Waals surface area contributed by atoms with Crippen LogP contribution in [0.3, 0.4) is 0 Å². The van der Waals surface area contributed by atoms with Gasteiger partial charge in [-0.15, -0.1) is 0 Å². The van der Waals surface area contributed by atoms with E-state index in [1.54, 1.807) is 0 Å². The fourth-order valence-corrected chi connectivity index (χ4v) is 3.05. The zero-order chi connectivity index (χ0) is 13.6. The van der Waals surface area contributed by atoms with Gasteiger partial charge in [-0.3, -0.25) is 4.79 Å². The number of unbranched alkanes of at least 4 members (excludes halogenated alkanes) is 2. The van der Waals surface area contributed by atoms with Crippen molar-refractivity contribution in [3.63, 3.8) is 0 Å². The average Bonchev–Trinajstić information content (AvgIpc) is 2.34. The van der Waals surface area contributed by atoms with E-state index in [0.717, 1.165) is 51.6 Å². The van der Waals surface area contributed by atoms with Crippen LogP contribution < -0.4 is 5.73 Å². The van der Waals surface area contributed by atoms with Crippen LogP contribution in [-0.2, 0) is 4.79 Å². The van der Waals surface area contributed by atoms with Crippen LogP contribution >= 0.6 is 0 Å². The van der Waals surface area contributed by atoms with E-state index < -0.39 is 0 Å². The Labute approximate surface area is 112 Å². The van der Waals surface area contributed by atoms with Gasteiger partial charge in [0.25, 0.3) is 0 Å². The van der Waals surface area contributed by atoms with Crippen molar-refractivity contribution in [3.8, 4) is 0 Å². The molecular weight excluding hydrogens is 224 g/mol. The number of hydrogen-bond acceptors (Lipinski definition) is 2. The Morgan fingerprint density at radius 2 is 1.72 bits per heavy atom. The maximum Gasteiger partial charge on any atom is 0.230 e. The molecule has 106 valence electrons. The molecule has 0 aliphatic heterocycles. The number of carbonyl (C=O) groups is 1. The molecule has 0 atom stereocenters. The molecule has 18 heavy (non-hydrogen) atoms. The summed E-state index contributed by atoms with van der Waals surface area (Å²) >= 11 is 0. The standard InChI is InChI=1S/C15H30N2O/c1-4-6-8-17(9-7-5-2)14(18)15(12-16)10-13(3)11-15/h13H,4-12,16H2,1-3H3. The summed E-state index contributed by atoms with van der Waals surface area (Å²) in [4.78, 5) is 14.8. The van der Waals surface area contributed by atoms with Crippen molar-refractivity contribution in [2.45, 2.75) is 59.3 Å². The molecule has 0 unspecified atom stereocenters. The molecule has 1 saturated carbocycles. The van der Waals surface area contributed by atoms with Gasteiger partial charge in [-0.05, 0) is 31.6 Å².